The molecule has 1 aromatic rings. The van der Waals surface area contributed by atoms with Crippen LogP contribution < -0.4 is 5.32 Å². The molecule has 1 amide bonds. The topological polar surface area (TPSA) is 49.3 Å². The molecular weight excluding hydrogens is 226 g/mol. The minimum Gasteiger partial charge on any atom is -0.392 e. The first-order chi connectivity index (χ1) is 8.69. The Hall–Kier alpha value is -1.35. The molecule has 18 heavy (non-hydrogen) atoms. The van der Waals surface area contributed by atoms with Crippen LogP contribution in [0.2, 0.25) is 0 Å². The molecule has 0 aliphatic carbocycles. The van der Waals surface area contributed by atoms with Crippen molar-refractivity contribution in [1.29, 1.82) is 0 Å². The third kappa shape index (κ3) is 4.49. The number of hydrogen-bond donors (Lipinski definition) is 2. The van der Waals surface area contributed by atoms with E-state index in [0.29, 0.717) is 6.54 Å². The molecule has 0 radical (unpaired) electrons. The van der Waals surface area contributed by atoms with Crippen LogP contribution in [0.1, 0.15) is 44.2 Å². The third-order valence-electron chi connectivity index (χ3n) is 3.18. The van der Waals surface area contributed by atoms with E-state index in [0.717, 1.165) is 30.4 Å². The highest BCUT2D eigenvalue weighted by molar-refractivity contribution is 5.78. The van der Waals surface area contributed by atoms with Crippen LogP contribution in [0, 0.1) is 5.92 Å². The van der Waals surface area contributed by atoms with Crippen molar-refractivity contribution in [2.75, 3.05) is 0 Å². The van der Waals surface area contributed by atoms with Gasteiger partial charge in [0.25, 0.3) is 0 Å². The minimum absolute atomic E-state index is 0.0113. The Labute approximate surface area is 109 Å². The van der Waals surface area contributed by atoms with Crippen LogP contribution in [0.4, 0.5) is 0 Å². The molecule has 1 aromatic carbocycles. The van der Waals surface area contributed by atoms with Crippen molar-refractivity contribution in [3.63, 3.8) is 0 Å². The van der Waals surface area contributed by atoms with Crippen molar-refractivity contribution >= 4 is 5.91 Å². The minimum atomic E-state index is 0.0113. The lowest BCUT2D eigenvalue weighted by Gasteiger charge is -2.13. The molecule has 3 nitrogen and oxygen atoms in total. The van der Waals surface area contributed by atoms with E-state index < -0.39 is 0 Å². The number of rotatable bonds is 7. The summed E-state index contributed by atoms with van der Waals surface area (Å²) < 4.78 is 0. The second-order valence-corrected chi connectivity index (χ2v) is 4.69. The van der Waals surface area contributed by atoms with E-state index in [-0.39, 0.29) is 18.4 Å². The maximum absolute atomic E-state index is 11.8. The largest absolute Gasteiger partial charge is 0.392 e. The fourth-order valence-electron chi connectivity index (χ4n) is 1.88. The number of benzene rings is 1. The summed E-state index contributed by atoms with van der Waals surface area (Å²) in [6.45, 7) is 4.59. The van der Waals surface area contributed by atoms with Gasteiger partial charge in [-0.1, -0.05) is 51.0 Å². The predicted molar refractivity (Wildman–Crippen MR) is 72.9 cm³/mol. The Morgan fingerprint density at radius 3 is 2.61 bits per heavy atom. The van der Waals surface area contributed by atoms with Gasteiger partial charge in [0.05, 0.1) is 6.61 Å². The first-order valence-electron chi connectivity index (χ1n) is 6.64. The van der Waals surface area contributed by atoms with Crippen LogP contribution in [0.5, 0.6) is 0 Å². The van der Waals surface area contributed by atoms with E-state index in [4.69, 9.17) is 0 Å². The fraction of sp³-hybridized carbons (Fsp3) is 0.533. The van der Waals surface area contributed by atoms with Crippen LogP contribution in [-0.2, 0) is 17.9 Å². The number of carbonyl (C=O) groups excluding carboxylic acids is 1. The highest BCUT2D eigenvalue weighted by Crippen LogP contribution is 2.10. The lowest BCUT2D eigenvalue weighted by atomic mass is 10.0. The van der Waals surface area contributed by atoms with Gasteiger partial charge in [-0.15, -0.1) is 0 Å². The molecule has 0 heterocycles. The first-order valence-corrected chi connectivity index (χ1v) is 6.64. The maximum atomic E-state index is 11.8. The highest BCUT2D eigenvalue weighted by atomic mass is 16.3. The van der Waals surface area contributed by atoms with Crippen molar-refractivity contribution in [3.8, 4) is 0 Å². The van der Waals surface area contributed by atoms with Gasteiger partial charge in [0.1, 0.15) is 0 Å². The number of aliphatic hydroxyl groups is 1. The molecule has 0 saturated carbocycles. The van der Waals surface area contributed by atoms with Crippen molar-refractivity contribution in [2.45, 2.75) is 46.3 Å². The monoisotopic (exact) mass is 249 g/mol. The van der Waals surface area contributed by atoms with E-state index in [1.54, 1.807) is 0 Å². The summed E-state index contributed by atoms with van der Waals surface area (Å²) in [5.74, 6) is 0.155. The molecule has 1 atom stereocenters. The zero-order valence-corrected chi connectivity index (χ0v) is 11.3. The van der Waals surface area contributed by atoms with Gasteiger partial charge in [-0.2, -0.15) is 0 Å². The van der Waals surface area contributed by atoms with E-state index >= 15 is 0 Å². The first kappa shape index (κ1) is 14.7. The van der Waals surface area contributed by atoms with Gasteiger partial charge in [0, 0.05) is 12.5 Å². The molecular formula is C15H23NO2. The lowest BCUT2D eigenvalue weighted by molar-refractivity contribution is -0.124. The van der Waals surface area contributed by atoms with Gasteiger partial charge in [0.2, 0.25) is 5.91 Å². The molecule has 1 rings (SSSR count). The number of hydrogen-bond acceptors (Lipinski definition) is 2. The van der Waals surface area contributed by atoms with Crippen LogP contribution in [0.15, 0.2) is 24.3 Å². The molecule has 2 N–H and O–H groups in total. The van der Waals surface area contributed by atoms with E-state index in [1.165, 1.54) is 0 Å². The van der Waals surface area contributed by atoms with Crippen molar-refractivity contribution in [2.24, 2.45) is 5.92 Å². The molecule has 0 aliphatic rings. The Balaban J connectivity index is 2.46. The molecule has 0 bridgehead atoms. The smallest absolute Gasteiger partial charge is 0.223 e. The lowest BCUT2D eigenvalue weighted by Crippen LogP contribution is -2.29. The average molecular weight is 249 g/mol. The van der Waals surface area contributed by atoms with Gasteiger partial charge in [-0.3, -0.25) is 4.79 Å². The number of unbranched alkanes of at least 4 members (excludes halogenated alkanes) is 1. The summed E-state index contributed by atoms with van der Waals surface area (Å²) in [5.41, 5.74) is 1.86. The van der Waals surface area contributed by atoms with E-state index in [1.807, 2.05) is 31.2 Å². The Bertz CT molecular complexity index is 377. The Morgan fingerprint density at radius 1 is 1.33 bits per heavy atom. The van der Waals surface area contributed by atoms with Crippen LogP contribution in [0.3, 0.4) is 0 Å². The van der Waals surface area contributed by atoms with Crippen molar-refractivity contribution in [3.05, 3.63) is 35.4 Å². The molecule has 3 heteroatoms. The average Bonchev–Trinajstić information content (AvgIpc) is 2.42. The molecule has 0 saturated heterocycles. The fourth-order valence-corrected chi connectivity index (χ4v) is 1.88. The van der Waals surface area contributed by atoms with Gasteiger partial charge >= 0.3 is 0 Å². The Kier molecular flexibility index (Phi) is 6.44. The highest BCUT2D eigenvalue weighted by Gasteiger charge is 2.12. The second kappa shape index (κ2) is 7.88. The molecule has 0 aromatic heterocycles. The summed E-state index contributed by atoms with van der Waals surface area (Å²) >= 11 is 0. The molecule has 0 spiro atoms. The molecule has 0 fully saturated rings. The summed E-state index contributed by atoms with van der Waals surface area (Å²) in [5, 5.41) is 12.1. The van der Waals surface area contributed by atoms with E-state index in [9.17, 15) is 9.90 Å². The molecule has 100 valence electrons. The molecule has 1 unspecified atom stereocenters. The summed E-state index contributed by atoms with van der Waals surface area (Å²) in [6.07, 6.45) is 3.14. The zero-order chi connectivity index (χ0) is 13.4. The SMILES string of the molecule is CCCCC(C)C(=O)NCc1ccccc1CO. The van der Waals surface area contributed by atoms with Crippen molar-refractivity contribution < 1.29 is 9.90 Å². The number of nitrogens with one attached hydrogen (secondary N) is 1. The standard InChI is InChI=1S/C15H23NO2/c1-3-4-7-12(2)15(18)16-10-13-8-5-6-9-14(13)11-17/h5-6,8-9,12,17H,3-4,7,10-11H2,1-2H3,(H,16,18). The van der Waals surface area contributed by atoms with Gasteiger partial charge < -0.3 is 10.4 Å². The summed E-state index contributed by atoms with van der Waals surface area (Å²) in [6, 6.07) is 7.62. The van der Waals surface area contributed by atoms with Crippen LogP contribution in [0.25, 0.3) is 0 Å². The summed E-state index contributed by atoms with van der Waals surface area (Å²) in [4.78, 5) is 11.8. The maximum Gasteiger partial charge on any atom is 0.223 e. The normalized spacial score (nSPS) is 12.2. The van der Waals surface area contributed by atoms with E-state index in [2.05, 4.69) is 12.2 Å². The quantitative estimate of drug-likeness (QED) is 0.780. The van der Waals surface area contributed by atoms with Gasteiger partial charge in [-0.25, -0.2) is 0 Å². The van der Waals surface area contributed by atoms with Crippen LogP contribution >= 0.6 is 0 Å². The number of aliphatic hydroxyl groups excluding tert-OH is 1. The second-order valence-electron chi connectivity index (χ2n) is 4.69. The zero-order valence-electron chi connectivity index (χ0n) is 11.3. The van der Waals surface area contributed by atoms with Gasteiger partial charge in [-0.05, 0) is 17.5 Å². The van der Waals surface area contributed by atoms with Crippen LogP contribution in [-0.4, -0.2) is 11.0 Å². The Morgan fingerprint density at radius 2 is 2.00 bits per heavy atom. The summed E-state index contributed by atoms with van der Waals surface area (Å²) in [7, 11) is 0. The number of amides is 1. The number of carbonyl (C=O) groups is 1. The van der Waals surface area contributed by atoms with Crippen molar-refractivity contribution in [1.82, 2.24) is 5.32 Å². The molecule has 0 aliphatic heterocycles. The van der Waals surface area contributed by atoms with Gasteiger partial charge in [0.15, 0.2) is 0 Å². The predicted octanol–water partition coefficient (Wildman–Crippen LogP) is 2.62. The third-order valence-corrected chi connectivity index (χ3v) is 3.18.